The Hall–Kier alpha value is -2.28. The van der Waals surface area contributed by atoms with Gasteiger partial charge in [0, 0.05) is 18.7 Å². The molecule has 0 amide bonds. The molecule has 0 fully saturated rings. The highest BCUT2D eigenvalue weighted by molar-refractivity contribution is 5.33. The van der Waals surface area contributed by atoms with Gasteiger partial charge in [0.2, 0.25) is 0 Å². The molecule has 3 nitrogen and oxygen atoms in total. The van der Waals surface area contributed by atoms with Gasteiger partial charge in [-0.2, -0.15) is 0 Å². The van der Waals surface area contributed by atoms with E-state index in [4.69, 9.17) is 11.2 Å². The fraction of sp³-hybridized carbons (Fsp3) is 0.222. The van der Waals surface area contributed by atoms with Crippen LogP contribution in [0.1, 0.15) is 17.2 Å². The predicted molar refractivity (Wildman–Crippen MR) is 83.9 cm³/mol. The Balaban J connectivity index is 1.87. The molecule has 0 aliphatic rings. The quantitative estimate of drug-likeness (QED) is 0.766. The lowest BCUT2D eigenvalue weighted by Crippen LogP contribution is -2.21. The zero-order valence-corrected chi connectivity index (χ0v) is 11.8. The summed E-state index contributed by atoms with van der Waals surface area (Å²) in [6.07, 6.45) is 4.68. The van der Waals surface area contributed by atoms with E-state index in [0.29, 0.717) is 13.1 Å². The number of aliphatic hydroxyl groups is 1. The van der Waals surface area contributed by atoms with Crippen LogP contribution in [0, 0.1) is 12.3 Å². The first-order valence-electron chi connectivity index (χ1n) is 6.89. The van der Waals surface area contributed by atoms with Crippen molar-refractivity contribution in [3.05, 3.63) is 65.7 Å². The van der Waals surface area contributed by atoms with Crippen molar-refractivity contribution in [2.75, 3.05) is 13.2 Å². The first kappa shape index (κ1) is 15.1. The predicted octanol–water partition coefficient (Wildman–Crippen LogP) is 2.52. The van der Waals surface area contributed by atoms with Gasteiger partial charge in [0.1, 0.15) is 12.4 Å². The van der Waals surface area contributed by atoms with Crippen molar-refractivity contribution in [3.8, 4) is 18.1 Å². The van der Waals surface area contributed by atoms with Crippen LogP contribution < -0.4 is 10.1 Å². The summed E-state index contributed by atoms with van der Waals surface area (Å²) in [7, 11) is 0. The molecule has 3 heteroatoms. The van der Waals surface area contributed by atoms with Gasteiger partial charge in [-0.3, -0.25) is 0 Å². The molecular formula is C18H19NO2. The van der Waals surface area contributed by atoms with E-state index in [1.165, 1.54) is 0 Å². The zero-order chi connectivity index (χ0) is 14.9. The van der Waals surface area contributed by atoms with Crippen LogP contribution >= 0.6 is 0 Å². The number of aliphatic hydroxyl groups excluding tert-OH is 1. The molecule has 21 heavy (non-hydrogen) atoms. The fourth-order valence-corrected chi connectivity index (χ4v) is 2.05. The van der Waals surface area contributed by atoms with E-state index < -0.39 is 6.10 Å². The normalized spacial score (nSPS) is 11.6. The second-order valence-electron chi connectivity index (χ2n) is 4.66. The van der Waals surface area contributed by atoms with E-state index in [1.54, 1.807) is 0 Å². The zero-order valence-electron chi connectivity index (χ0n) is 11.8. The van der Waals surface area contributed by atoms with Crippen molar-refractivity contribution in [2.24, 2.45) is 0 Å². The first-order chi connectivity index (χ1) is 10.3. The van der Waals surface area contributed by atoms with Gasteiger partial charge in [-0.05, 0) is 11.6 Å². The number of hydrogen-bond acceptors (Lipinski definition) is 3. The minimum absolute atomic E-state index is 0.254. The van der Waals surface area contributed by atoms with Crippen LogP contribution in [0.4, 0.5) is 0 Å². The van der Waals surface area contributed by atoms with Crippen LogP contribution in [0.15, 0.2) is 54.6 Å². The van der Waals surface area contributed by atoms with Crippen LogP contribution in [0.25, 0.3) is 0 Å². The molecule has 0 radical (unpaired) electrons. The molecular weight excluding hydrogens is 262 g/mol. The summed E-state index contributed by atoms with van der Waals surface area (Å²) < 4.78 is 5.49. The molecule has 0 unspecified atom stereocenters. The number of ether oxygens (including phenoxy) is 1. The Morgan fingerprint density at radius 2 is 1.81 bits per heavy atom. The van der Waals surface area contributed by atoms with E-state index in [2.05, 4.69) is 11.2 Å². The molecule has 0 aliphatic carbocycles. The van der Waals surface area contributed by atoms with E-state index in [-0.39, 0.29) is 6.61 Å². The van der Waals surface area contributed by atoms with Crippen LogP contribution in [0.5, 0.6) is 5.75 Å². The van der Waals surface area contributed by atoms with Gasteiger partial charge in [0.25, 0.3) is 0 Å². The lowest BCUT2D eigenvalue weighted by Gasteiger charge is -2.14. The highest BCUT2D eigenvalue weighted by Crippen LogP contribution is 2.18. The molecule has 2 N–H and O–H groups in total. The van der Waals surface area contributed by atoms with Gasteiger partial charge in [0.15, 0.2) is 0 Å². The maximum Gasteiger partial charge on any atom is 0.148 e. The molecule has 0 saturated heterocycles. The summed E-state index contributed by atoms with van der Waals surface area (Å²) in [5.74, 6) is 3.23. The SMILES string of the molecule is C#CCOc1ccccc1CNC[C@H](O)c1ccccc1. The third-order valence-electron chi connectivity index (χ3n) is 3.12. The highest BCUT2D eigenvalue weighted by atomic mass is 16.5. The summed E-state index contributed by atoms with van der Waals surface area (Å²) in [6.45, 7) is 1.35. The molecule has 0 bridgehead atoms. The van der Waals surface area contributed by atoms with Crippen LogP contribution in [-0.2, 0) is 6.54 Å². The highest BCUT2D eigenvalue weighted by Gasteiger charge is 2.07. The fourth-order valence-electron chi connectivity index (χ4n) is 2.05. The number of rotatable bonds is 7. The van der Waals surface area contributed by atoms with Gasteiger partial charge in [-0.25, -0.2) is 0 Å². The third kappa shape index (κ3) is 4.64. The monoisotopic (exact) mass is 281 g/mol. The van der Waals surface area contributed by atoms with Crippen LogP contribution in [0.2, 0.25) is 0 Å². The van der Waals surface area contributed by atoms with Crippen molar-refractivity contribution < 1.29 is 9.84 Å². The average molecular weight is 281 g/mol. The summed E-state index contributed by atoms with van der Waals surface area (Å²) in [5, 5.41) is 13.3. The maximum atomic E-state index is 10.1. The van der Waals surface area contributed by atoms with E-state index in [1.807, 2.05) is 54.6 Å². The molecule has 0 heterocycles. The average Bonchev–Trinajstić information content (AvgIpc) is 2.54. The first-order valence-corrected chi connectivity index (χ1v) is 6.89. The van der Waals surface area contributed by atoms with Crippen molar-refractivity contribution >= 4 is 0 Å². The Kier molecular flexibility index (Phi) is 5.83. The summed E-state index contributed by atoms with van der Waals surface area (Å²) in [6, 6.07) is 17.3. The molecule has 0 aromatic heterocycles. The maximum absolute atomic E-state index is 10.1. The number of nitrogens with one attached hydrogen (secondary N) is 1. The smallest absolute Gasteiger partial charge is 0.148 e. The van der Waals surface area contributed by atoms with Crippen LogP contribution in [-0.4, -0.2) is 18.3 Å². The molecule has 2 aromatic carbocycles. The molecule has 2 rings (SSSR count). The van der Waals surface area contributed by atoms with Gasteiger partial charge in [-0.1, -0.05) is 54.5 Å². The number of hydrogen-bond donors (Lipinski definition) is 2. The molecule has 0 aliphatic heterocycles. The standard InChI is InChI=1S/C18H19NO2/c1-2-12-21-18-11-7-6-10-16(18)13-19-14-17(20)15-8-4-3-5-9-15/h1,3-11,17,19-20H,12-14H2/t17-/m0/s1. The van der Waals surface area contributed by atoms with Gasteiger partial charge >= 0.3 is 0 Å². The second kappa shape index (κ2) is 8.11. The Bertz CT molecular complexity index is 590. The number of para-hydroxylation sites is 1. The van der Waals surface area contributed by atoms with E-state index in [9.17, 15) is 5.11 Å². The van der Waals surface area contributed by atoms with Crippen molar-refractivity contribution in [2.45, 2.75) is 12.6 Å². The number of benzene rings is 2. The molecule has 0 saturated carbocycles. The van der Waals surface area contributed by atoms with Crippen molar-refractivity contribution in [1.29, 1.82) is 0 Å². The summed E-state index contributed by atoms with van der Waals surface area (Å²) >= 11 is 0. The molecule has 1 atom stereocenters. The Morgan fingerprint density at radius 1 is 1.10 bits per heavy atom. The second-order valence-corrected chi connectivity index (χ2v) is 4.66. The minimum atomic E-state index is -0.523. The topological polar surface area (TPSA) is 41.5 Å². The third-order valence-corrected chi connectivity index (χ3v) is 3.12. The van der Waals surface area contributed by atoms with Crippen molar-refractivity contribution in [1.82, 2.24) is 5.32 Å². The van der Waals surface area contributed by atoms with Gasteiger partial charge in [0.05, 0.1) is 6.10 Å². The lowest BCUT2D eigenvalue weighted by molar-refractivity contribution is 0.174. The van der Waals surface area contributed by atoms with Crippen LogP contribution in [0.3, 0.4) is 0 Å². The molecule has 2 aromatic rings. The number of terminal acetylenes is 1. The minimum Gasteiger partial charge on any atom is -0.481 e. The van der Waals surface area contributed by atoms with E-state index in [0.717, 1.165) is 16.9 Å². The van der Waals surface area contributed by atoms with Gasteiger partial charge < -0.3 is 15.2 Å². The summed E-state index contributed by atoms with van der Waals surface area (Å²) in [5.41, 5.74) is 1.93. The largest absolute Gasteiger partial charge is 0.481 e. The molecule has 0 spiro atoms. The summed E-state index contributed by atoms with van der Waals surface area (Å²) in [4.78, 5) is 0. The lowest BCUT2D eigenvalue weighted by atomic mass is 10.1. The Morgan fingerprint density at radius 3 is 2.57 bits per heavy atom. The van der Waals surface area contributed by atoms with Gasteiger partial charge in [-0.15, -0.1) is 6.42 Å². The molecule has 108 valence electrons. The van der Waals surface area contributed by atoms with Crippen molar-refractivity contribution in [3.63, 3.8) is 0 Å². The Labute approximate surface area is 125 Å². The van der Waals surface area contributed by atoms with E-state index >= 15 is 0 Å².